The van der Waals surface area contributed by atoms with Crippen molar-refractivity contribution in [2.45, 2.75) is 53.2 Å². The smallest absolute Gasteiger partial charge is 0.410 e. The van der Waals surface area contributed by atoms with Crippen molar-refractivity contribution in [2.75, 3.05) is 43.1 Å². The molecule has 16 heteroatoms. The van der Waals surface area contributed by atoms with E-state index in [1.807, 2.05) is 81.7 Å². The van der Waals surface area contributed by atoms with Gasteiger partial charge in [-0.3, -0.25) is 0 Å². The Balaban J connectivity index is 0.00000552. The number of likely N-dealkylation sites (N-methyl/N-ethyl adjacent to an activating group) is 2. The van der Waals surface area contributed by atoms with E-state index in [0.717, 1.165) is 27.8 Å². The second-order valence-electron chi connectivity index (χ2n) is 12.1. The number of nitrogens with zero attached hydrogens (tertiary/aromatic N) is 6. The molecule has 0 spiro atoms. The number of ether oxygens (including phenoxy) is 2. The topological polar surface area (TPSA) is 141 Å². The molecule has 0 saturated heterocycles. The Bertz CT molecular complexity index is 1690. The van der Waals surface area contributed by atoms with Gasteiger partial charge in [-0.15, -0.1) is 0 Å². The van der Waals surface area contributed by atoms with E-state index >= 15 is 0 Å². The zero-order valence-electron chi connectivity index (χ0n) is 28.9. The molecule has 0 aliphatic heterocycles. The molecule has 0 aliphatic rings. The Morgan fingerprint density at radius 3 is 2.35 bits per heavy atom. The second kappa shape index (κ2) is 20.4. The van der Waals surface area contributed by atoms with Crippen LogP contribution < -0.4 is 16.0 Å². The average Bonchev–Trinajstić information content (AvgIpc) is 3.28. The minimum Gasteiger partial charge on any atom is -0.459 e. The summed E-state index contributed by atoms with van der Waals surface area (Å²) in [5, 5.41) is 4.12. The molecule has 3 heterocycles. The number of benzene rings is 1. The summed E-state index contributed by atoms with van der Waals surface area (Å²) in [5.41, 5.74) is 11.1. The average molecular weight is 1550 g/mol. The predicted molar refractivity (Wildman–Crippen MR) is 173 cm³/mol. The van der Waals surface area contributed by atoms with Crippen LogP contribution in [0.25, 0.3) is 22.3 Å². The van der Waals surface area contributed by atoms with Crippen molar-refractivity contribution < 1.29 is 144 Å². The molecule has 1 amide bonds. The second-order valence-corrected chi connectivity index (χ2v) is 12.1. The minimum atomic E-state index is -0.560. The quantitative estimate of drug-likeness (QED) is 0.163. The fourth-order valence-electron chi connectivity index (χ4n) is 4.62. The Labute approximate surface area is 377 Å². The summed E-state index contributed by atoms with van der Waals surface area (Å²) in [4.78, 5) is 42.6. The zero-order valence-corrected chi connectivity index (χ0v) is 45.6. The number of aromatic nitrogens is 4. The maximum absolute atomic E-state index is 13.1. The number of nitrogens with one attached hydrogen (secondary N) is 1. The molecule has 0 unspecified atom stereocenters. The molecule has 0 radical (unpaired) electrons. The molecular weight excluding hydrogens is 1510 g/mol. The van der Waals surface area contributed by atoms with Gasteiger partial charge in [0.1, 0.15) is 16.8 Å². The number of esters is 1. The molecule has 12 nitrogen and oxygen atoms in total. The van der Waals surface area contributed by atoms with E-state index < -0.39 is 11.6 Å². The van der Waals surface area contributed by atoms with Gasteiger partial charge in [0.2, 0.25) is 5.95 Å². The van der Waals surface area contributed by atoms with Gasteiger partial charge in [-0.25, -0.2) is 24.5 Å². The third-order valence-electron chi connectivity index (χ3n) is 6.85. The van der Waals surface area contributed by atoms with Crippen molar-refractivity contribution in [1.82, 2.24) is 24.4 Å². The van der Waals surface area contributed by atoms with Crippen molar-refractivity contribution in [3.05, 3.63) is 54.0 Å². The van der Waals surface area contributed by atoms with E-state index in [9.17, 15) is 9.59 Å². The molecule has 0 atom stereocenters. The number of nitrogen functional groups attached to an aromatic ring is 1. The first-order valence-electron chi connectivity index (χ1n) is 14.5. The maximum Gasteiger partial charge on any atom is 0.410 e. The first-order valence-corrected chi connectivity index (χ1v) is 14.5. The van der Waals surface area contributed by atoms with Crippen LogP contribution in [-0.2, 0) is 16.5 Å². The number of pyridine rings is 1. The SMILES string of the molecule is Cc1cc(N(C)CCN(C)C(=O)OC(C)(C)C)c(N)cc1Nc1ncc(C(=O)OC(C)C)c(-c2cn(C)c3ncccc23)n1.[U].[U].[U].[U]. The van der Waals surface area contributed by atoms with Crippen LogP contribution in [0.15, 0.2) is 42.9 Å². The summed E-state index contributed by atoms with van der Waals surface area (Å²) in [7, 11) is 5.52. The molecule has 3 N–H and O–H groups in total. The van der Waals surface area contributed by atoms with Gasteiger partial charge in [-0.1, -0.05) is 0 Å². The number of fused-ring (bicyclic) bond motifs is 1. The number of aryl methyl sites for hydroxylation is 2. The van der Waals surface area contributed by atoms with E-state index in [2.05, 4.69) is 15.3 Å². The first kappa shape index (κ1) is 47.3. The normalized spacial score (nSPS) is 10.5. The number of amides is 1. The Hall–Kier alpha value is -0.662. The van der Waals surface area contributed by atoms with Gasteiger partial charge in [0.05, 0.1) is 23.2 Å². The van der Waals surface area contributed by atoms with Gasteiger partial charge >= 0.3 is 12.1 Å². The van der Waals surface area contributed by atoms with Crippen molar-refractivity contribution >= 4 is 46.1 Å². The molecule has 3 aromatic heterocycles. The molecule has 48 heavy (non-hydrogen) atoms. The number of anilines is 4. The number of hydrogen-bond donors (Lipinski definition) is 2. The number of nitrogens with two attached hydrogens (primary N) is 1. The fourth-order valence-corrected chi connectivity index (χ4v) is 4.62. The summed E-state index contributed by atoms with van der Waals surface area (Å²) < 4.78 is 12.8. The molecule has 4 aromatic rings. The summed E-state index contributed by atoms with van der Waals surface area (Å²) in [6, 6.07) is 7.58. The van der Waals surface area contributed by atoms with Crippen LogP contribution in [0.3, 0.4) is 0 Å². The van der Waals surface area contributed by atoms with Crippen LogP contribution in [0.2, 0.25) is 0 Å². The summed E-state index contributed by atoms with van der Waals surface area (Å²) in [5.74, 6) is -0.211. The summed E-state index contributed by atoms with van der Waals surface area (Å²) in [6.45, 7) is 12.1. The molecule has 4 rings (SSSR count). The van der Waals surface area contributed by atoms with E-state index in [4.69, 9.17) is 20.2 Å². The number of carbonyl (C=O) groups excluding carboxylic acids is 2. The van der Waals surface area contributed by atoms with Crippen molar-refractivity contribution in [2.24, 2.45) is 7.05 Å². The van der Waals surface area contributed by atoms with Crippen LogP contribution in [0, 0.1) is 131 Å². The zero-order chi connectivity index (χ0) is 32.3. The van der Waals surface area contributed by atoms with Crippen molar-refractivity contribution in [1.29, 1.82) is 0 Å². The Morgan fingerprint density at radius 1 is 1.06 bits per heavy atom. The van der Waals surface area contributed by atoms with Crippen LogP contribution in [0.5, 0.6) is 0 Å². The van der Waals surface area contributed by atoms with Gasteiger partial charge in [-0.2, -0.15) is 0 Å². The van der Waals surface area contributed by atoms with Gasteiger partial charge < -0.3 is 34.9 Å². The summed E-state index contributed by atoms with van der Waals surface area (Å²) >= 11 is 0. The number of hydrogen-bond acceptors (Lipinski definition) is 10. The fraction of sp³-hybridized carbons (Fsp3) is 0.406. The van der Waals surface area contributed by atoms with Crippen LogP contribution in [-0.4, -0.2) is 75.4 Å². The molecule has 0 saturated carbocycles. The minimum absolute atomic E-state index is 0. The van der Waals surface area contributed by atoms with Gasteiger partial charge in [0, 0.05) is 194 Å². The van der Waals surface area contributed by atoms with Crippen molar-refractivity contribution in [3.63, 3.8) is 0 Å². The van der Waals surface area contributed by atoms with Crippen LogP contribution >= 0.6 is 0 Å². The van der Waals surface area contributed by atoms with Gasteiger partial charge in [0.25, 0.3) is 0 Å². The van der Waals surface area contributed by atoms with Crippen LogP contribution in [0.4, 0.5) is 27.8 Å². The standard InChI is InChI=1S/C32H42N8O4.4U/c1-19(2)43-29(41)22-17-35-30(37-27(22)23-18-40(9)28-21(23)11-10-12-34-28)36-25-16-24(33)26(15-20(25)3)38(7)13-14-39(8)31(42)44-32(4,5)6;;;;/h10-12,15-19H,13-14,33H2,1-9H3,(H,35,36,37);;;;. The van der Waals surface area contributed by atoms with E-state index in [0.29, 0.717) is 36.1 Å². The van der Waals surface area contributed by atoms with Gasteiger partial charge in [0.15, 0.2) is 0 Å². The maximum atomic E-state index is 13.1. The van der Waals surface area contributed by atoms with E-state index in [-0.39, 0.29) is 142 Å². The third-order valence-corrected chi connectivity index (χ3v) is 6.85. The monoisotopic (exact) mass is 1550 g/mol. The molecular formula is C32H42N8O4U4. The van der Waals surface area contributed by atoms with E-state index in [1.54, 1.807) is 32.0 Å². The first-order chi connectivity index (χ1) is 20.6. The van der Waals surface area contributed by atoms with Crippen LogP contribution in [0.1, 0.15) is 50.5 Å². The van der Waals surface area contributed by atoms with Crippen molar-refractivity contribution in [3.8, 4) is 11.3 Å². The molecule has 250 valence electrons. The number of carbonyl (C=O) groups is 2. The van der Waals surface area contributed by atoms with E-state index in [1.165, 1.54) is 6.20 Å². The Morgan fingerprint density at radius 2 is 1.73 bits per heavy atom. The third kappa shape index (κ3) is 12.2. The molecule has 1 aromatic carbocycles. The van der Waals surface area contributed by atoms with Gasteiger partial charge in [-0.05, 0) is 71.4 Å². The number of rotatable bonds is 9. The largest absolute Gasteiger partial charge is 0.459 e. The molecule has 0 aliphatic carbocycles. The molecule has 0 fully saturated rings. The predicted octanol–water partition coefficient (Wildman–Crippen LogP) is 5.53. The Kier molecular flexibility index (Phi) is 20.1. The summed E-state index contributed by atoms with van der Waals surface area (Å²) in [6.07, 6.45) is 4.41. The molecule has 0 bridgehead atoms.